The van der Waals surface area contributed by atoms with Gasteiger partial charge in [-0.15, -0.1) is 0 Å². The van der Waals surface area contributed by atoms with Gasteiger partial charge in [0.2, 0.25) is 0 Å². The van der Waals surface area contributed by atoms with Crippen LogP contribution in [0.5, 0.6) is 0 Å². The summed E-state index contributed by atoms with van der Waals surface area (Å²) in [5, 5.41) is 13.7. The molecule has 2 rings (SSSR count). The number of nitrogens with zero attached hydrogens (tertiary/aromatic N) is 1. The highest BCUT2D eigenvalue weighted by Crippen LogP contribution is 2.38. The summed E-state index contributed by atoms with van der Waals surface area (Å²) in [7, 11) is 0. The van der Waals surface area contributed by atoms with Gasteiger partial charge in [-0.05, 0) is 50.7 Å². The summed E-state index contributed by atoms with van der Waals surface area (Å²) in [5.41, 5.74) is 1.15. The van der Waals surface area contributed by atoms with E-state index in [0.717, 1.165) is 12.8 Å². The van der Waals surface area contributed by atoms with E-state index in [0.29, 0.717) is 29.5 Å². The Kier molecular flexibility index (Phi) is 5.28. The first kappa shape index (κ1) is 17.6. The SMILES string of the molecule is CCOC(=O)C(=O)Nc1c([N+](=O)[O-])cc(C(C)=O)c2c1CCCC2. The molecule has 0 saturated carbocycles. The number of fused-ring (bicyclic) bond motifs is 1. The molecule has 1 aliphatic carbocycles. The average molecular weight is 334 g/mol. The van der Waals surface area contributed by atoms with Crippen LogP contribution in [-0.2, 0) is 27.2 Å². The third-order valence-electron chi connectivity index (χ3n) is 3.91. The Morgan fingerprint density at radius 1 is 1.25 bits per heavy atom. The molecule has 24 heavy (non-hydrogen) atoms. The number of benzene rings is 1. The number of amides is 1. The van der Waals surface area contributed by atoms with E-state index in [9.17, 15) is 24.5 Å². The Morgan fingerprint density at radius 2 is 1.88 bits per heavy atom. The lowest BCUT2D eigenvalue weighted by molar-refractivity contribution is -0.384. The van der Waals surface area contributed by atoms with Crippen LogP contribution in [0.4, 0.5) is 11.4 Å². The summed E-state index contributed by atoms with van der Waals surface area (Å²) in [4.78, 5) is 46.0. The largest absolute Gasteiger partial charge is 0.459 e. The Hall–Kier alpha value is -2.77. The van der Waals surface area contributed by atoms with Crippen molar-refractivity contribution >= 4 is 29.0 Å². The first-order chi connectivity index (χ1) is 11.4. The van der Waals surface area contributed by atoms with Gasteiger partial charge in [-0.25, -0.2) is 4.79 Å². The van der Waals surface area contributed by atoms with Gasteiger partial charge in [-0.2, -0.15) is 0 Å². The van der Waals surface area contributed by atoms with Crippen molar-refractivity contribution in [2.45, 2.75) is 39.5 Å². The van der Waals surface area contributed by atoms with Crippen molar-refractivity contribution in [2.75, 3.05) is 11.9 Å². The van der Waals surface area contributed by atoms with E-state index in [-0.39, 0.29) is 18.1 Å². The van der Waals surface area contributed by atoms with Gasteiger partial charge < -0.3 is 10.1 Å². The summed E-state index contributed by atoms with van der Waals surface area (Å²) in [6.45, 7) is 2.93. The van der Waals surface area contributed by atoms with Crippen molar-refractivity contribution < 1.29 is 24.0 Å². The van der Waals surface area contributed by atoms with Crippen molar-refractivity contribution in [1.29, 1.82) is 0 Å². The molecule has 0 aliphatic heterocycles. The van der Waals surface area contributed by atoms with Crippen LogP contribution in [0.1, 0.15) is 48.2 Å². The molecule has 1 aromatic carbocycles. The molecule has 128 valence electrons. The fourth-order valence-electron chi connectivity index (χ4n) is 2.89. The number of nitrogens with one attached hydrogen (secondary N) is 1. The molecule has 0 aromatic heterocycles. The smallest absolute Gasteiger partial charge is 0.397 e. The molecule has 0 spiro atoms. The lowest BCUT2D eigenvalue weighted by Crippen LogP contribution is -2.27. The zero-order valence-corrected chi connectivity index (χ0v) is 13.5. The molecule has 0 bridgehead atoms. The molecule has 0 saturated heterocycles. The van der Waals surface area contributed by atoms with Crippen LogP contribution in [0.15, 0.2) is 6.07 Å². The standard InChI is InChI=1S/C16H18N2O6/c1-3-24-16(21)15(20)17-14-11-7-5-4-6-10(11)12(9(2)19)8-13(14)18(22)23/h8H,3-7H2,1-2H3,(H,17,20). The Balaban J connectivity index is 2.56. The molecule has 8 nitrogen and oxygen atoms in total. The number of nitro benzene ring substituents is 1. The minimum absolute atomic E-state index is 0.0160. The summed E-state index contributed by atoms with van der Waals surface area (Å²) < 4.78 is 4.61. The molecule has 1 N–H and O–H groups in total. The van der Waals surface area contributed by atoms with Crippen LogP contribution in [0.25, 0.3) is 0 Å². The van der Waals surface area contributed by atoms with Gasteiger partial charge in [0.1, 0.15) is 5.69 Å². The number of carbonyl (C=O) groups is 3. The van der Waals surface area contributed by atoms with E-state index in [1.807, 2.05) is 0 Å². The van der Waals surface area contributed by atoms with Crippen LogP contribution in [0.3, 0.4) is 0 Å². The van der Waals surface area contributed by atoms with Crippen LogP contribution >= 0.6 is 0 Å². The van der Waals surface area contributed by atoms with Gasteiger partial charge in [0.25, 0.3) is 5.69 Å². The second-order valence-electron chi connectivity index (χ2n) is 5.47. The molecule has 0 heterocycles. The number of nitro groups is 1. The molecule has 8 heteroatoms. The van der Waals surface area contributed by atoms with Crippen molar-refractivity contribution in [3.05, 3.63) is 32.9 Å². The number of anilines is 1. The summed E-state index contributed by atoms with van der Waals surface area (Å²) in [6.07, 6.45) is 2.74. The quantitative estimate of drug-likeness (QED) is 0.297. The number of hydrogen-bond donors (Lipinski definition) is 1. The van der Waals surface area contributed by atoms with Crippen LogP contribution in [0, 0.1) is 10.1 Å². The number of esters is 1. The predicted octanol–water partition coefficient (Wildman–Crippen LogP) is 2.18. The third-order valence-corrected chi connectivity index (χ3v) is 3.91. The van der Waals surface area contributed by atoms with Gasteiger partial charge in [-0.3, -0.25) is 19.7 Å². The first-order valence-electron chi connectivity index (χ1n) is 7.69. The van der Waals surface area contributed by atoms with Crippen LogP contribution in [-0.4, -0.2) is 29.2 Å². The van der Waals surface area contributed by atoms with E-state index in [4.69, 9.17) is 0 Å². The fourth-order valence-corrected chi connectivity index (χ4v) is 2.89. The zero-order chi connectivity index (χ0) is 17.9. The fraction of sp³-hybridized carbons (Fsp3) is 0.438. The average Bonchev–Trinajstić information content (AvgIpc) is 2.54. The summed E-state index contributed by atoms with van der Waals surface area (Å²) in [5.74, 6) is -2.44. The topological polar surface area (TPSA) is 116 Å². The van der Waals surface area contributed by atoms with E-state index >= 15 is 0 Å². The Bertz CT molecular complexity index is 726. The molecular formula is C16H18N2O6. The van der Waals surface area contributed by atoms with Crippen molar-refractivity contribution in [2.24, 2.45) is 0 Å². The van der Waals surface area contributed by atoms with Crippen LogP contribution in [0.2, 0.25) is 0 Å². The minimum Gasteiger partial charge on any atom is -0.459 e. The molecule has 1 amide bonds. The highest BCUT2D eigenvalue weighted by Gasteiger charge is 2.30. The summed E-state index contributed by atoms with van der Waals surface area (Å²) >= 11 is 0. The van der Waals surface area contributed by atoms with E-state index in [1.54, 1.807) is 6.92 Å². The summed E-state index contributed by atoms with van der Waals surface area (Å²) in [6, 6.07) is 1.17. The number of hydrogen-bond acceptors (Lipinski definition) is 6. The lowest BCUT2D eigenvalue weighted by atomic mass is 9.85. The minimum atomic E-state index is -1.10. The number of ether oxygens (including phenoxy) is 1. The Labute approximate surface area is 138 Å². The molecule has 1 aliphatic rings. The van der Waals surface area contributed by atoms with Gasteiger partial charge in [0.15, 0.2) is 5.78 Å². The number of Topliss-reactive ketones (excluding diaryl/α,β-unsaturated/α-hetero) is 1. The van der Waals surface area contributed by atoms with Gasteiger partial charge in [0.05, 0.1) is 11.5 Å². The highest BCUT2D eigenvalue weighted by atomic mass is 16.6. The van der Waals surface area contributed by atoms with Gasteiger partial charge in [-0.1, -0.05) is 0 Å². The molecule has 0 unspecified atom stereocenters. The maximum atomic E-state index is 11.9. The third kappa shape index (κ3) is 3.42. The maximum Gasteiger partial charge on any atom is 0.397 e. The normalized spacial score (nSPS) is 12.9. The number of rotatable bonds is 4. The van der Waals surface area contributed by atoms with Gasteiger partial charge >= 0.3 is 11.9 Å². The van der Waals surface area contributed by atoms with Gasteiger partial charge in [0, 0.05) is 11.6 Å². The maximum absolute atomic E-state index is 11.9. The van der Waals surface area contributed by atoms with Crippen LogP contribution < -0.4 is 5.32 Å². The van der Waals surface area contributed by atoms with E-state index < -0.39 is 22.5 Å². The zero-order valence-electron chi connectivity index (χ0n) is 13.5. The van der Waals surface area contributed by atoms with Crippen molar-refractivity contribution in [1.82, 2.24) is 0 Å². The predicted molar refractivity (Wildman–Crippen MR) is 85.0 cm³/mol. The lowest BCUT2D eigenvalue weighted by Gasteiger charge is -2.22. The number of carbonyl (C=O) groups excluding carboxylic acids is 3. The second kappa shape index (κ2) is 7.20. The molecule has 0 radical (unpaired) electrons. The molecular weight excluding hydrogens is 316 g/mol. The molecule has 1 aromatic rings. The van der Waals surface area contributed by atoms with Crippen molar-refractivity contribution in [3.63, 3.8) is 0 Å². The monoisotopic (exact) mass is 334 g/mol. The molecule has 0 atom stereocenters. The Morgan fingerprint density at radius 3 is 2.42 bits per heavy atom. The highest BCUT2D eigenvalue weighted by molar-refractivity contribution is 6.37. The van der Waals surface area contributed by atoms with E-state index in [2.05, 4.69) is 10.1 Å². The molecule has 0 fully saturated rings. The first-order valence-corrected chi connectivity index (χ1v) is 7.69. The second-order valence-corrected chi connectivity index (χ2v) is 5.47. The van der Waals surface area contributed by atoms with Crippen molar-refractivity contribution in [3.8, 4) is 0 Å². The number of ketones is 1. The van der Waals surface area contributed by atoms with E-state index in [1.165, 1.54) is 13.0 Å².